The SMILES string of the molecule is C=C(/C=C(\N=C\c1ccccc1)c1ccccc1)n1c2ccccc2c2c3sccc3ccc21. The number of benzene rings is 4. The summed E-state index contributed by atoms with van der Waals surface area (Å²) in [6, 6.07) is 35.6. The van der Waals surface area contributed by atoms with Crippen molar-refractivity contribution < 1.29 is 0 Å². The summed E-state index contributed by atoms with van der Waals surface area (Å²) in [4.78, 5) is 4.88. The molecule has 0 N–H and O–H groups in total. The summed E-state index contributed by atoms with van der Waals surface area (Å²) in [5.41, 5.74) is 6.18. The summed E-state index contributed by atoms with van der Waals surface area (Å²) < 4.78 is 3.57. The molecule has 6 aromatic rings. The number of aromatic nitrogens is 1. The highest BCUT2D eigenvalue weighted by Gasteiger charge is 2.15. The van der Waals surface area contributed by atoms with Crippen LogP contribution in [0.4, 0.5) is 0 Å². The van der Waals surface area contributed by atoms with E-state index in [0.29, 0.717) is 0 Å². The van der Waals surface area contributed by atoms with E-state index in [1.165, 1.54) is 20.9 Å². The van der Waals surface area contributed by atoms with Gasteiger partial charge in [-0.2, -0.15) is 0 Å². The summed E-state index contributed by atoms with van der Waals surface area (Å²) in [5, 5.41) is 5.97. The maximum Gasteiger partial charge on any atom is 0.0722 e. The van der Waals surface area contributed by atoms with Crippen LogP contribution in [0.5, 0.6) is 0 Å². The molecule has 0 fully saturated rings. The van der Waals surface area contributed by atoms with Gasteiger partial charge in [-0.25, -0.2) is 0 Å². The maximum atomic E-state index is 4.88. The number of hydrogen-bond acceptors (Lipinski definition) is 2. The van der Waals surface area contributed by atoms with Gasteiger partial charge in [-0.3, -0.25) is 4.99 Å². The first-order chi connectivity index (χ1) is 16.8. The largest absolute Gasteiger partial charge is 0.310 e. The molecule has 0 aliphatic heterocycles. The molecule has 0 spiro atoms. The molecule has 2 nitrogen and oxygen atoms in total. The number of allylic oxidation sites excluding steroid dienone is 2. The van der Waals surface area contributed by atoms with Gasteiger partial charge in [0.2, 0.25) is 0 Å². The zero-order valence-corrected chi connectivity index (χ0v) is 19.4. The van der Waals surface area contributed by atoms with Crippen molar-refractivity contribution in [3.63, 3.8) is 0 Å². The molecule has 4 aromatic carbocycles. The number of aliphatic imine (C=N–C) groups is 1. The summed E-state index contributed by atoms with van der Waals surface area (Å²) in [6.07, 6.45) is 3.99. The van der Waals surface area contributed by atoms with Crippen LogP contribution < -0.4 is 0 Å². The lowest BCUT2D eigenvalue weighted by Crippen LogP contribution is -1.94. The van der Waals surface area contributed by atoms with Crippen LogP contribution in [0.2, 0.25) is 0 Å². The van der Waals surface area contributed by atoms with Crippen molar-refractivity contribution in [3.05, 3.63) is 132 Å². The predicted octanol–water partition coefficient (Wildman–Crippen LogP) is 8.64. The molecule has 0 atom stereocenters. The average Bonchev–Trinajstić information content (AvgIpc) is 3.50. The van der Waals surface area contributed by atoms with Crippen LogP contribution >= 0.6 is 11.3 Å². The van der Waals surface area contributed by atoms with Crippen LogP contribution in [0.15, 0.2) is 126 Å². The molecule has 162 valence electrons. The quantitative estimate of drug-likeness (QED) is 0.183. The van der Waals surface area contributed by atoms with Crippen LogP contribution in [-0.2, 0) is 0 Å². The van der Waals surface area contributed by atoms with Crippen LogP contribution in [0.25, 0.3) is 43.3 Å². The number of para-hydroxylation sites is 1. The third-order valence-electron chi connectivity index (χ3n) is 6.07. The highest BCUT2D eigenvalue weighted by Crippen LogP contribution is 2.39. The molecule has 0 saturated carbocycles. The third-order valence-corrected chi connectivity index (χ3v) is 7.01. The lowest BCUT2D eigenvalue weighted by atomic mass is 10.1. The van der Waals surface area contributed by atoms with Crippen molar-refractivity contribution in [1.29, 1.82) is 0 Å². The molecule has 0 bridgehead atoms. The number of thiophene rings is 1. The lowest BCUT2D eigenvalue weighted by Gasteiger charge is -2.10. The molecular formula is C31H22N2S. The number of fused-ring (bicyclic) bond motifs is 5. The Kier molecular flexibility index (Phi) is 5.17. The first-order valence-electron chi connectivity index (χ1n) is 11.2. The van der Waals surface area contributed by atoms with Crippen molar-refractivity contribution in [2.75, 3.05) is 0 Å². The van der Waals surface area contributed by atoms with Gasteiger partial charge in [-0.15, -0.1) is 11.3 Å². The highest BCUT2D eigenvalue weighted by atomic mass is 32.1. The monoisotopic (exact) mass is 454 g/mol. The Morgan fingerprint density at radius 1 is 0.765 bits per heavy atom. The van der Waals surface area contributed by atoms with Crippen molar-refractivity contribution in [3.8, 4) is 0 Å². The van der Waals surface area contributed by atoms with Gasteiger partial charge >= 0.3 is 0 Å². The van der Waals surface area contributed by atoms with Gasteiger partial charge < -0.3 is 4.57 Å². The number of hydrogen-bond donors (Lipinski definition) is 0. The minimum atomic E-state index is 0.873. The Hall–Kier alpha value is -4.21. The number of rotatable bonds is 5. The molecule has 0 aliphatic rings. The molecule has 34 heavy (non-hydrogen) atoms. The second-order valence-electron chi connectivity index (χ2n) is 8.21. The molecule has 0 unspecified atom stereocenters. The summed E-state index contributed by atoms with van der Waals surface area (Å²) in [6.45, 7) is 4.50. The van der Waals surface area contributed by atoms with E-state index in [9.17, 15) is 0 Å². The second kappa shape index (κ2) is 8.62. The van der Waals surface area contributed by atoms with Crippen LogP contribution in [0, 0.1) is 0 Å². The molecule has 0 amide bonds. The zero-order valence-electron chi connectivity index (χ0n) is 18.6. The van der Waals surface area contributed by atoms with Crippen LogP contribution in [-0.4, -0.2) is 10.8 Å². The zero-order chi connectivity index (χ0) is 22.9. The average molecular weight is 455 g/mol. The van der Waals surface area contributed by atoms with Crippen LogP contribution in [0.1, 0.15) is 11.1 Å². The Balaban J connectivity index is 1.54. The van der Waals surface area contributed by atoms with E-state index in [1.54, 1.807) is 11.3 Å². The molecule has 6 rings (SSSR count). The van der Waals surface area contributed by atoms with Gasteiger partial charge in [0, 0.05) is 32.9 Å². The van der Waals surface area contributed by atoms with Gasteiger partial charge in [-0.05, 0) is 40.6 Å². The minimum Gasteiger partial charge on any atom is -0.310 e. The highest BCUT2D eigenvalue weighted by molar-refractivity contribution is 7.18. The van der Waals surface area contributed by atoms with Gasteiger partial charge in [0.25, 0.3) is 0 Å². The summed E-state index contributed by atoms with van der Waals surface area (Å²) in [5.74, 6) is 0. The lowest BCUT2D eigenvalue weighted by molar-refractivity contribution is 1.24. The van der Waals surface area contributed by atoms with Crippen molar-refractivity contribution >= 4 is 60.8 Å². The van der Waals surface area contributed by atoms with E-state index >= 15 is 0 Å². The second-order valence-corrected chi connectivity index (χ2v) is 9.12. The fourth-order valence-corrected chi connectivity index (χ4v) is 5.45. The molecule has 3 heteroatoms. The fourth-order valence-electron chi connectivity index (χ4n) is 4.50. The van der Waals surface area contributed by atoms with Gasteiger partial charge in [0.15, 0.2) is 0 Å². The first-order valence-corrected chi connectivity index (χ1v) is 12.1. The van der Waals surface area contributed by atoms with Gasteiger partial charge in [0.1, 0.15) is 0 Å². The van der Waals surface area contributed by atoms with Crippen molar-refractivity contribution in [1.82, 2.24) is 4.57 Å². The standard InChI is InChI=1S/C31H22N2S/c1-22(20-27(24-12-6-3-7-13-24)32-21-23-10-4-2-5-11-23)33-28-15-9-8-14-26(28)30-29(33)17-16-25-18-19-34-31(25)30/h2-21H,1H2/b27-20-,32-21+. The predicted molar refractivity (Wildman–Crippen MR) is 149 cm³/mol. The van der Waals surface area contributed by atoms with E-state index in [2.05, 4.69) is 89.3 Å². The third kappa shape index (κ3) is 3.57. The summed E-state index contributed by atoms with van der Waals surface area (Å²) in [7, 11) is 0. The molecule has 0 aliphatic carbocycles. The van der Waals surface area contributed by atoms with E-state index in [1.807, 2.05) is 42.6 Å². The normalized spacial score (nSPS) is 12.3. The smallest absolute Gasteiger partial charge is 0.0722 e. The van der Waals surface area contributed by atoms with Gasteiger partial charge in [0.05, 0.1) is 16.7 Å². The Bertz CT molecular complexity index is 1700. The molecule has 0 radical (unpaired) electrons. The van der Waals surface area contributed by atoms with E-state index in [0.717, 1.165) is 33.6 Å². The molecule has 2 aromatic heterocycles. The molecule has 0 saturated heterocycles. The van der Waals surface area contributed by atoms with Crippen molar-refractivity contribution in [2.24, 2.45) is 4.99 Å². The minimum absolute atomic E-state index is 0.873. The summed E-state index contributed by atoms with van der Waals surface area (Å²) >= 11 is 1.79. The van der Waals surface area contributed by atoms with Crippen molar-refractivity contribution in [2.45, 2.75) is 0 Å². The molecule has 2 heterocycles. The van der Waals surface area contributed by atoms with E-state index in [-0.39, 0.29) is 0 Å². The van der Waals surface area contributed by atoms with Crippen LogP contribution in [0.3, 0.4) is 0 Å². The Labute approximate surface area is 202 Å². The fraction of sp³-hybridized carbons (Fsp3) is 0. The number of nitrogens with zero attached hydrogens (tertiary/aromatic N) is 2. The Morgan fingerprint density at radius 2 is 1.50 bits per heavy atom. The van der Waals surface area contributed by atoms with E-state index in [4.69, 9.17) is 4.99 Å². The maximum absolute atomic E-state index is 4.88. The Morgan fingerprint density at radius 3 is 2.32 bits per heavy atom. The topological polar surface area (TPSA) is 17.3 Å². The van der Waals surface area contributed by atoms with Gasteiger partial charge in [-0.1, -0.05) is 91.5 Å². The van der Waals surface area contributed by atoms with E-state index < -0.39 is 0 Å². The first kappa shape index (κ1) is 20.4. The molecular weight excluding hydrogens is 432 g/mol.